The Labute approximate surface area is 111 Å². The molecular formula is C13H17NO3S. The number of thioether (sulfide) groups is 1. The second kappa shape index (κ2) is 7.06. The van der Waals surface area contributed by atoms with Crippen molar-refractivity contribution in [1.29, 1.82) is 0 Å². The minimum absolute atomic E-state index is 0.133. The van der Waals surface area contributed by atoms with Gasteiger partial charge >= 0.3 is 5.97 Å². The summed E-state index contributed by atoms with van der Waals surface area (Å²) >= 11 is 1.69. The lowest BCUT2D eigenvalue weighted by Gasteiger charge is -2.09. The minimum atomic E-state index is -1.03. The number of carbonyl (C=O) groups excluding carboxylic acids is 1. The Morgan fingerprint density at radius 3 is 2.72 bits per heavy atom. The molecule has 0 aliphatic carbocycles. The maximum absolute atomic E-state index is 11.6. The number of nitrogens with one attached hydrogen (secondary N) is 1. The van der Waals surface area contributed by atoms with Crippen LogP contribution in [-0.4, -0.2) is 29.0 Å². The lowest BCUT2D eigenvalue weighted by Crippen LogP contribution is -2.14. The largest absolute Gasteiger partial charge is 0.478 e. The van der Waals surface area contributed by atoms with Crippen molar-refractivity contribution in [2.45, 2.75) is 19.8 Å². The zero-order valence-electron chi connectivity index (χ0n) is 10.5. The van der Waals surface area contributed by atoms with E-state index in [0.717, 1.165) is 17.7 Å². The Morgan fingerprint density at radius 1 is 1.39 bits per heavy atom. The van der Waals surface area contributed by atoms with Gasteiger partial charge in [0.25, 0.3) is 0 Å². The van der Waals surface area contributed by atoms with E-state index in [1.807, 2.05) is 13.2 Å². The van der Waals surface area contributed by atoms with Crippen molar-refractivity contribution in [3.8, 4) is 0 Å². The second-order valence-electron chi connectivity index (χ2n) is 4.00. The molecule has 0 atom stereocenters. The first-order valence-corrected chi connectivity index (χ1v) is 7.06. The molecule has 0 heterocycles. The predicted molar refractivity (Wildman–Crippen MR) is 74.4 cm³/mol. The van der Waals surface area contributed by atoms with E-state index in [0.29, 0.717) is 12.1 Å². The summed E-state index contributed by atoms with van der Waals surface area (Å²) < 4.78 is 0. The molecule has 0 aliphatic heterocycles. The van der Waals surface area contributed by atoms with Gasteiger partial charge in [-0.15, -0.1) is 0 Å². The average molecular weight is 267 g/mol. The van der Waals surface area contributed by atoms with Gasteiger partial charge in [0, 0.05) is 6.42 Å². The number of carbonyl (C=O) groups is 2. The number of carboxylic acid groups (broad SMARTS) is 1. The van der Waals surface area contributed by atoms with Crippen LogP contribution in [0.5, 0.6) is 0 Å². The third kappa shape index (κ3) is 4.41. The molecule has 0 saturated heterocycles. The summed E-state index contributed by atoms with van der Waals surface area (Å²) in [6.07, 6.45) is 3.19. The van der Waals surface area contributed by atoms with Crippen LogP contribution in [-0.2, 0) is 4.79 Å². The Bertz CT molecular complexity index is 446. The summed E-state index contributed by atoms with van der Waals surface area (Å²) in [5.74, 6) is -0.249. The number of aryl methyl sites for hydroxylation is 1. The van der Waals surface area contributed by atoms with Crippen LogP contribution in [0.3, 0.4) is 0 Å². The van der Waals surface area contributed by atoms with Crippen LogP contribution < -0.4 is 5.32 Å². The van der Waals surface area contributed by atoms with Crippen molar-refractivity contribution >= 4 is 29.3 Å². The Kier molecular flexibility index (Phi) is 5.71. The molecule has 0 aromatic heterocycles. The molecule has 1 aromatic rings. The lowest BCUT2D eigenvalue weighted by atomic mass is 10.1. The van der Waals surface area contributed by atoms with Gasteiger partial charge in [-0.1, -0.05) is 11.6 Å². The topological polar surface area (TPSA) is 66.4 Å². The fraction of sp³-hybridized carbons (Fsp3) is 0.385. The number of benzene rings is 1. The molecule has 0 fully saturated rings. The Balaban J connectivity index is 2.72. The maximum Gasteiger partial charge on any atom is 0.337 e. The van der Waals surface area contributed by atoms with Gasteiger partial charge in [-0.2, -0.15) is 11.8 Å². The molecule has 0 aliphatic rings. The van der Waals surface area contributed by atoms with E-state index in [1.54, 1.807) is 30.0 Å². The number of hydrogen-bond acceptors (Lipinski definition) is 3. The first-order chi connectivity index (χ1) is 8.54. The number of hydrogen-bond donors (Lipinski definition) is 2. The van der Waals surface area contributed by atoms with E-state index in [9.17, 15) is 9.59 Å². The third-order valence-corrected chi connectivity index (χ3v) is 3.13. The SMILES string of the molecule is CSCCCC(=O)Nc1ccc(C)cc1C(=O)O. The standard InChI is InChI=1S/C13H17NO3S/c1-9-5-6-11(10(8-9)13(16)17)14-12(15)4-3-7-18-2/h5-6,8H,3-4,7H2,1-2H3,(H,14,15)(H,16,17). The van der Waals surface area contributed by atoms with Gasteiger partial charge < -0.3 is 10.4 Å². The molecule has 98 valence electrons. The first kappa shape index (κ1) is 14.6. The fourth-order valence-electron chi connectivity index (χ4n) is 1.53. The molecule has 1 aromatic carbocycles. The van der Waals surface area contributed by atoms with Gasteiger partial charge in [0.05, 0.1) is 11.3 Å². The molecule has 0 saturated carbocycles. The summed E-state index contributed by atoms with van der Waals surface area (Å²) in [4.78, 5) is 22.7. The van der Waals surface area contributed by atoms with Crippen LogP contribution in [0.15, 0.2) is 18.2 Å². The Hall–Kier alpha value is -1.49. The number of carboxylic acids is 1. The maximum atomic E-state index is 11.6. The molecule has 2 N–H and O–H groups in total. The molecule has 4 nitrogen and oxygen atoms in total. The lowest BCUT2D eigenvalue weighted by molar-refractivity contribution is -0.116. The Morgan fingerprint density at radius 2 is 2.11 bits per heavy atom. The second-order valence-corrected chi connectivity index (χ2v) is 4.98. The van der Waals surface area contributed by atoms with Crippen LogP contribution in [0.25, 0.3) is 0 Å². The predicted octanol–water partition coefficient (Wildman–Crippen LogP) is 2.77. The number of anilines is 1. The van der Waals surface area contributed by atoms with Gasteiger partial charge in [-0.25, -0.2) is 4.79 Å². The summed E-state index contributed by atoms with van der Waals surface area (Å²) in [5, 5.41) is 11.7. The van der Waals surface area contributed by atoms with E-state index in [-0.39, 0.29) is 11.5 Å². The van der Waals surface area contributed by atoms with Crippen LogP contribution in [0, 0.1) is 6.92 Å². The number of aromatic carboxylic acids is 1. The molecule has 0 unspecified atom stereocenters. The van der Waals surface area contributed by atoms with Crippen LogP contribution in [0.4, 0.5) is 5.69 Å². The third-order valence-electron chi connectivity index (χ3n) is 2.43. The van der Waals surface area contributed by atoms with Crippen molar-refractivity contribution in [3.05, 3.63) is 29.3 Å². The van der Waals surface area contributed by atoms with Crippen molar-refractivity contribution in [1.82, 2.24) is 0 Å². The number of amides is 1. The summed E-state index contributed by atoms with van der Waals surface area (Å²) in [7, 11) is 0. The van der Waals surface area contributed by atoms with Gasteiger partial charge in [-0.3, -0.25) is 4.79 Å². The van der Waals surface area contributed by atoms with Crippen molar-refractivity contribution in [2.75, 3.05) is 17.3 Å². The quantitative estimate of drug-likeness (QED) is 0.778. The monoisotopic (exact) mass is 267 g/mol. The summed E-state index contributed by atoms with van der Waals surface area (Å²) in [5.41, 5.74) is 1.35. The average Bonchev–Trinajstić information content (AvgIpc) is 2.31. The molecule has 0 bridgehead atoms. The van der Waals surface area contributed by atoms with E-state index >= 15 is 0 Å². The van der Waals surface area contributed by atoms with Crippen molar-refractivity contribution in [2.24, 2.45) is 0 Å². The molecule has 0 spiro atoms. The highest BCUT2D eigenvalue weighted by Crippen LogP contribution is 2.18. The molecule has 5 heteroatoms. The zero-order valence-corrected chi connectivity index (χ0v) is 11.3. The molecule has 0 radical (unpaired) electrons. The van der Waals surface area contributed by atoms with Crippen LogP contribution in [0.1, 0.15) is 28.8 Å². The summed E-state index contributed by atoms with van der Waals surface area (Å²) in [6.45, 7) is 1.82. The molecule has 1 rings (SSSR count). The normalized spacial score (nSPS) is 10.1. The van der Waals surface area contributed by atoms with Gasteiger partial charge in [-0.05, 0) is 37.5 Å². The molecular weight excluding hydrogens is 250 g/mol. The van der Waals surface area contributed by atoms with Crippen LogP contribution >= 0.6 is 11.8 Å². The van der Waals surface area contributed by atoms with E-state index < -0.39 is 5.97 Å². The molecule has 1 amide bonds. The highest BCUT2D eigenvalue weighted by Gasteiger charge is 2.12. The number of rotatable bonds is 6. The van der Waals surface area contributed by atoms with E-state index in [4.69, 9.17) is 5.11 Å². The van der Waals surface area contributed by atoms with Gasteiger partial charge in [0.15, 0.2) is 0 Å². The highest BCUT2D eigenvalue weighted by molar-refractivity contribution is 7.98. The summed E-state index contributed by atoms with van der Waals surface area (Å²) in [6, 6.07) is 4.97. The highest BCUT2D eigenvalue weighted by atomic mass is 32.2. The van der Waals surface area contributed by atoms with Gasteiger partial charge in [0.2, 0.25) is 5.91 Å². The van der Waals surface area contributed by atoms with E-state index in [2.05, 4.69) is 5.32 Å². The minimum Gasteiger partial charge on any atom is -0.478 e. The fourth-order valence-corrected chi connectivity index (χ4v) is 1.97. The van der Waals surface area contributed by atoms with Crippen molar-refractivity contribution < 1.29 is 14.7 Å². The zero-order chi connectivity index (χ0) is 13.5. The molecule has 18 heavy (non-hydrogen) atoms. The van der Waals surface area contributed by atoms with Crippen molar-refractivity contribution in [3.63, 3.8) is 0 Å². The first-order valence-electron chi connectivity index (χ1n) is 5.67. The van der Waals surface area contributed by atoms with E-state index in [1.165, 1.54) is 0 Å². The smallest absolute Gasteiger partial charge is 0.337 e. The van der Waals surface area contributed by atoms with Crippen LogP contribution in [0.2, 0.25) is 0 Å². The van der Waals surface area contributed by atoms with Gasteiger partial charge in [0.1, 0.15) is 0 Å².